The molecule has 9 heteroatoms. The van der Waals surface area contributed by atoms with Gasteiger partial charge >= 0.3 is 5.97 Å². The number of hydrogen-bond donors (Lipinski definition) is 2. The Balaban J connectivity index is 1.94. The number of carbonyl (C=O) groups is 3. The number of rotatable bonds is 9. The zero-order valence-corrected chi connectivity index (χ0v) is 17.6. The van der Waals surface area contributed by atoms with Crippen molar-refractivity contribution in [3.8, 4) is 11.5 Å². The third kappa shape index (κ3) is 6.97. The average molecular weight is 435 g/mol. The van der Waals surface area contributed by atoms with Gasteiger partial charge in [-0.3, -0.25) is 14.4 Å². The fourth-order valence-corrected chi connectivity index (χ4v) is 2.78. The van der Waals surface area contributed by atoms with Crippen LogP contribution in [0.4, 0.5) is 5.69 Å². The Morgan fingerprint density at radius 3 is 2.33 bits per heavy atom. The van der Waals surface area contributed by atoms with Crippen molar-refractivity contribution in [2.24, 2.45) is 0 Å². The van der Waals surface area contributed by atoms with Crippen LogP contribution in [0.3, 0.4) is 0 Å². The maximum absolute atomic E-state index is 12.2. The highest BCUT2D eigenvalue weighted by Gasteiger charge is 2.19. The van der Waals surface area contributed by atoms with E-state index in [1.165, 1.54) is 21.1 Å². The van der Waals surface area contributed by atoms with Crippen LogP contribution in [-0.2, 0) is 19.1 Å². The first-order valence-corrected chi connectivity index (χ1v) is 9.40. The van der Waals surface area contributed by atoms with Crippen LogP contribution in [0.5, 0.6) is 11.5 Å². The molecule has 2 aromatic carbocycles. The Morgan fingerprint density at radius 2 is 1.73 bits per heavy atom. The molecule has 8 nitrogen and oxygen atoms in total. The first-order chi connectivity index (χ1) is 14.3. The van der Waals surface area contributed by atoms with Gasteiger partial charge in [0.1, 0.15) is 11.5 Å². The van der Waals surface area contributed by atoms with Crippen LogP contribution < -0.4 is 20.1 Å². The van der Waals surface area contributed by atoms with Gasteiger partial charge in [-0.2, -0.15) is 0 Å². The van der Waals surface area contributed by atoms with E-state index in [-0.39, 0.29) is 12.3 Å². The van der Waals surface area contributed by atoms with Crippen LogP contribution in [0.15, 0.2) is 42.5 Å². The van der Waals surface area contributed by atoms with Gasteiger partial charge in [-0.05, 0) is 29.8 Å². The molecular formula is C21H23ClN2O6. The predicted molar refractivity (Wildman–Crippen MR) is 112 cm³/mol. The summed E-state index contributed by atoms with van der Waals surface area (Å²) in [6.45, 7) is 0.866. The molecule has 0 fully saturated rings. The molecule has 1 atom stereocenters. The monoisotopic (exact) mass is 434 g/mol. The summed E-state index contributed by atoms with van der Waals surface area (Å²) < 4.78 is 15.4. The number of benzene rings is 2. The van der Waals surface area contributed by atoms with Crippen LogP contribution in [0.1, 0.15) is 24.9 Å². The number of amides is 2. The number of esters is 1. The number of ether oxygens (including phenoxy) is 3. The molecule has 0 aromatic heterocycles. The zero-order valence-electron chi connectivity index (χ0n) is 16.9. The van der Waals surface area contributed by atoms with E-state index in [1.807, 2.05) is 0 Å². The van der Waals surface area contributed by atoms with E-state index in [2.05, 4.69) is 10.6 Å². The standard InChI is InChI=1S/C21H23ClN2O6/c1-13(25)23-18(14-4-6-15(22)7-5-14)11-21(27)30-12-20(26)24-17-9-8-16(28-2)10-19(17)29-3/h4-10,18H,11-12H2,1-3H3,(H,23,25)(H,24,26). The smallest absolute Gasteiger partial charge is 0.308 e. The summed E-state index contributed by atoms with van der Waals surface area (Å²) in [6, 6.07) is 11.0. The topological polar surface area (TPSA) is 103 Å². The van der Waals surface area contributed by atoms with Gasteiger partial charge in [0, 0.05) is 18.0 Å². The molecule has 2 rings (SSSR count). The van der Waals surface area contributed by atoms with Crippen molar-refractivity contribution in [3.63, 3.8) is 0 Å². The van der Waals surface area contributed by atoms with Gasteiger partial charge in [-0.15, -0.1) is 0 Å². The first kappa shape index (κ1) is 23.0. The lowest BCUT2D eigenvalue weighted by Crippen LogP contribution is -2.29. The summed E-state index contributed by atoms with van der Waals surface area (Å²) in [4.78, 5) is 35.8. The molecule has 2 amide bonds. The van der Waals surface area contributed by atoms with Gasteiger partial charge < -0.3 is 24.8 Å². The van der Waals surface area contributed by atoms with Crippen LogP contribution in [0.25, 0.3) is 0 Å². The second-order valence-electron chi connectivity index (χ2n) is 6.28. The lowest BCUT2D eigenvalue weighted by Gasteiger charge is -2.18. The number of carbonyl (C=O) groups excluding carboxylic acids is 3. The maximum Gasteiger partial charge on any atom is 0.308 e. The lowest BCUT2D eigenvalue weighted by molar-refractivity contribution is -0.148. The summed E-state index contributed by atoms with van der Waals surface area (Å²) in [5, 5.41) is 5.83. The molecule has 0 spiro atoms. The van der Waals surface area contributed by atoms with Gasteiger partial charge in [0.05, 0.1) is 32.4 Å². The Bertz CT molecular complexity index is 901. The van der Waals surface area contributed by atoms with Crippen LogP contribution in [0.2, 0.25) is 5.02 Å². The summed E-state index contributed by atoms with van der Waals surface area (Å²) in [7, 11) is 2.98. The molecule has 0 aliphatic rings. The van der Waals surface area contributed by atoms with Gasteiger partial charge in [0.2, 0.25) is 5.91 Å². The van der Waals surface area contributed by atoms with E-state index in [1.54, 1.807) is 42.5 Å². The third-order valence-electron chi connectivity index (χ3n) is 4.07. The van der Waals surface area contributed by atoms with Crippen LogP contribution in [0, 0.1) is 0 Å². The Labute approximate surface area is 179 Å². The van der Waals surface area contributed by atoms with Gasteiger partial charge in [0.25, 0.3) is 5.91 Å². The number of nitrogens with one attached hydrogen (secondary N) is 2. The number of anilines is 1. The van der Waals surface area contributed by atoms with Crippen molar-refractivity contribution in [1.82, 2.24) is 5.32 Å². The first-order valence-electron chi connectivity index (χ1n) is 9.02. The van der Waals surface area contributed by atoms with Crippen molar-refractivity contribution in [3.05, 3.63) is 53.1 Å². The number of halogens is 1. The van der Waals surface area contributed by atoms with Crippen molar-refractivity contribution in [2.75, 3.05) is 26.1 Å². The highest BCUT2D eigenvalue weighted by atomic mass is 35.5. The van der Waals surface area contributed by atoms with Crippen molar-refractivity contribution in [1.29, 1.82) is 0 Å². The fourth-order valence-electron chi connectivity index (χ4n) is 2.65. The molecule has 0 saturated heterocycles. The molecular weight excluding hydrogens is 412 g/mol. The molecule has 2 aromatic rings. The second kappa shape index (κ2) is 11.1. The summed E-state index contributed by atoms with van der Waals surface area (Å²) >= 11 is 5.88. The highest BCUT2D eigenvalue weighted by molar-refractivity contribution is 6.30. The van der Waals surface area contributed by atoms with E-state index in [4.69, 9.17) is 25.8 Å². The van der Waals surface area contributed by atoms with E-state index < -0.39 is 24.5 Å². The van der Waals surface area contributed by atoms with Gasteiger partial charge in [-0.25, -0.2) is 0 Å². The van der Waals surface area contributed by atoms with E-state index >= 15 is 0 Å². The normalized spacial score (nSPS) is 11.2. The second-order valence-corrected chi connectivity index (χ2v) is 6.72. The molecule has 0 radical (unpaired) electrons. The van der Waals surface area contributed by atoms with E-state index in [0.29, 0.717) is 27.8 Å². The van der Waals surface area contributed by atoms with Crippen LogP contribution >= 0.6 is 11.6 Å². The zero-order chi connectivity index (χ0) is 22.1. The lowest BCUT2D eigenvalue weighted by atomic mass is 10.0. The molecule has 2 N–H and O–H groups in total. The van der Waals surface area contributed by atoms with Crippen molar-refractivity contribution in [2.45, 2.75) is 19.4 Å². The Morgan fingerprint density at radius 1 is 1.03 bits per heavy atom. The largest absolute Gasteiger partial charge is 0.497 e. The van der Waals surface area contributed by atoms with Gasteiger partial charge in [0.15, 0.2) is 6.61 Å². The molecule has 0 saturated carbocycles. The quantitative estimate of drug-likeness (QED) is 0.588. The fraction of sp³-hybridized carbons (Fsp3) is 0.286. The Hall–Kier alpha value is -3.26. The van der Waals surface area contributed by atoms with E-state index in [9.17, 15) is 14.4 Å². The summed E-state index contributed by atoms with van der Waals surface area (Å²) in [6.07, 6.45) is -0.139. The number of methoxy groups -OCH3 is 2. The summed E-state index contributed by atoms with van der Waals surface area (Å²) in [5.41, 5.74) is 1.11. The molecule has 0 aliphatic heterocycles. The average Bonchev–Trinajstić information content (AvgIpc) is 2.72. The highest BCUT2D eigenvalue weighted by Crippen LogP contribution is 2.29. The van der Waals surface area contributed by atoms with Gasteiger partial charge in [-0.1, -0.05) is 23.7 Å². The molecule has 0 aliphatic carbocycles. The van der Waals surface area contributed by atoms with E-state index in [0.717, 1.165) is 0 Å². The molecule has 160 valence electrons. The number of hydrogen-bond acceptors (Lipinski definition) is 6. The van der Waals surface area contributed by atoms with Crippen LogP contribution in [-0.4, -0.2) is 38.6 Å². The Kier molecular flexibility index (Phi) is 8.49. The maximum atomic E-state index is 12.2. The van der Waals surface area contributed by atoms with Crippen molar-refractivity contribution >= 4 is 35.1 Å². The minimum absolute atomic E-state index is 0.139. The minimum Gasteiger partial charge on any atom is -0.497 e. The predicted octanol–water partition coefficient (Wildman–Crippen LogP) is 3.11. The summed E-state index contributed by atoms with van der Waals surface area (Å²) in [5.74, 6) is -0.494. The molecule has 30 heavy (non-hydrogen) atoms. The molecule has 0 bridgehead atoms. The van der Waals surface area contributed by atoms with Crippen molar-refractivity contribution < 1.29 is 28.6 Å². The minimum atomic E-state index is -0.638. The molecule has 1 unspecified atom stereocenters. The SMILES string of the molecule is COc1ccc(NC(=O)COC(=O)CC(NC(C)=O)c2ccc(Cl)cc2)c(OC)c1. The molecule has 0 heterocycles. The third-order valence-corrected chi connectivity index (χ3v) is 4.32.